The highest BCUT2D eigenvalue weighted by molar-refractivity contribution is 7.79. The summed E-state index contributed by atoms with van der Waals surface area (Å²) in [6, 6.07) is -4.30. The lowest BCUT2D eigenvalue weighted by Gasteiger charge is -2.47. The van der Waals surface area contributed by atoms with Gasteiger partial charge in [0.2, 0.25) is 0 Å². The lowest BCUT2D eigenvalue weighted by molar-refractivity contribution is -0.310. The summed E-state index contributed by atoms with van der Waals surface area (Å²) in [5.74, 6) is 0. The van der Waals surface area contributed by atoms with Crippen LogP contribution in [0.3, 0.4) is 0 Å². The van der Waals surface area contributed by atoms with Crippen LogP contribution in [0.25, 0.3) is 0 Å². The molecule has 4 fully saturated rings. The Morgan fingerprint density at radius 2 is 1.00 bits per heavy atom. The topological polar surface area (TPSA) is 422 Å². The van der Waals surface area contributed by atoms with Gasteiger partial charge in [0.1, 0.15) is 67.1 Å². The van der Waals surface area contributed by atoms with Crippen LogP contribution in [0.15, 0.2) is 0 Å². The molecule has 1 saturated carbocycles. The molecule has 0 spiro atoms. The molecule has 3 saturated heterocycles. The molecule has 23 nitrogen and oxygen atoms in total. The SMILES string of the molecule is NC[C@@H]1OC(O[C@H]2[C@@H](O)[C@H](O[C@@H]3[C@@H](O)[C@H](N)C[C@H](N)[C@H]3O[C@H]3O[C@H](CO)[C@@H](O)[C@H](O)[C@H]3N)O[C@@H]2CO)[C@H](N)[C@@H](O)[C@@H]1O.O=S(=O)(O)O. The van der Waals surface area contributed by atoms with Crippen molar-refractivity contribution in [2.24, 2.45) is 28.7 Å². The third-order valence-corrected chi connectivity index (χ3v) is 8.32. The summed E-state index contributed by atoms with van der Waals surface area (Å²) in [5.41, 5.74) is 29.9. The summed E-state index contributed by atoms with van der Waals surface area (Å²) in [6.07, 6.45) is -20.5. The lowest BCUT2D eigenvalue weighted by Crippen LogP contribution is -2.68. The highest BCUT2D eigenvalue weighted by Gasteiger charge is 2.54. The van der Waals surface area contributed by atoms with E-state index in [4.69, 9.17) is 74.6 Å². The molecule has 0 aromatic heterocycles. The van der Waals surface area contributed by atoms with Crippen LogP contribution in [-0.2, 0) is 38.8 Å². The van der Waals surface area contributed by atoms with E-state index in [0.717, 1.165) is 0 Å². The summed E-state index contributed by atoms with van der Waals surface area (Å²) in [7, 11) is -4.67. The van der Waals surface area contributed by atoms with Crippen molar-refractivity contribution in [1.29, 1.82) is 0 Å². The molecule has 278 valence electrons. The number of hydrogen-bond donors (Lipinski definition) is 15. The van der Waals surface area contributed by atoms with Crippen molar-refractivity contribution in [3.63, 3.8) is 0 Å². The maximum Gasteiger partial charge on any atom is 0.394 e. The minimum absolute atomic E-state index is 0.0642. The van der Waals surface area contributed by atoms with Crippen LogP contribution in [-0.4, -0.2) is 194 Å². The summed E-state index contributed by atoms with van der Waals surface area (Å²) < 4.78 is 66.0. The molecule has 47 heavy (non-hydrogen) atoms. The van der Waals surface area contributed by atoms with Gasteiger partial charge in [-0.1, -0.05) is 0 Å². The Kier molecular flexibility index (Phi) is 14.6. The minimum Gasteiger partial charge on any atom is -0.394 e. The average molecular weight is 714 g/mol. The van der Waals surface area contributed by atoms with Gasteiger partial charge in [-0.3, -0.25) is 9.11 Å². The van der Waals surface area contributed by atoms with Crippen LogP contribution < -0.4 is 28.7 Å². The van der Waals surface area contributed by atoms with E-state index < -0.39 is 140 Å². The second-order valence-electron chi connectivity index (χ2n) is 11.6. The largest absolute Gasteiger partial charge is 0.394 e. The summed E-state index contributed by atoms with van der Waals surface area (Å²) in [5, 5.41) is 82.3. The lowest BCUT2D eigenvalue weighted by atomic mass is 9.84. The Bertz CT molecular complexity index is 1070. The van der Waals surface area contributed by atoms with Crippen molar-refractivity contribution < 1.29 is 86.8 Å². The van der Waals surface area contributed by atoms with E-state index in [1.54, 1.807) is 0 Å². The smallest absolute Gasteiger partial charge is 0.394 e. The molecule has 4 aliphatic rings. The van der Waals surface area contributed by atoms with Crippen LogP contribution in [0.4, 0.5) is 0 Å². The zero-order valence-corrected chi connectivity index (χ0v) is 25.6. The maximum atomic E-state index is 11.1. The fraction of sp³-hybridized carbons (Fsp3) is 1.00. The third-order valence-electron chi connectivity index (χ3n) is 8.32. The molecule has 20 N–H and O–H groups in total. The van der Waals surface area contributed by atoms with Gasteiger partial charge in [-0.15, -0.1) is 0 Å². The zero-order valence-electron chi connectivity index (χ0n) is 24.8. The number of aliphatic hydroxyl groups excluding tert-OH is 8. The van der Waals surface area contributed by atoms with Gasteiger partial charge in [-0.25, -0.2) is 0 Å². The summed E-state index contributed by atoms with van der Waals surface area (Å²) in [4.78, 5) is 0. The van der Waals surface area contributed by atoms with Crippen molar-refractivity contribution in [2.45, 2.75) is 123 Å². The van der Waals surface area contributed by atoms with Crippen molar-refractivity contribution in [2.75, 3.05) is 19.8 Å². The van der Waals surface area contributed by atoms with Crippen molar-refractivity contribution in [3.8, 4) is 0 Å². The fourth-order valence-electron chi connectivity index (χ4n) is 5.70. The van der Waals surface area contributed by atoms with Crippen molar-refractivity contribution >= 4 is 10.4 Å². The number of nitrogens with two attached hydrogens (primary N) is 5. The van der Waals surface area contributed by atoms with Crippen LogP contribution in [0.5, 0.6) is 0 Å². The fourth-order valence-corrected chi connectivity index (χ4v) is 5.70. The number of aliphatic hydroxyl groups is 8. The van der Waals surface area contributed by atoms with Gasteiger partial charge in [0.05, 0.1) is 31.4 Å². The first-order valence-corrected chi connectivity index (χ1v) is 15.9. The summed E-state index contributed by atoms with van der Waals surface area (Å²) >= 11 is 0. The Labute approximate surface area is 268 Å². The van der Waals surface area contributed by atoms with Gasteiger partial charge in [0, 0.05) is 18.6 Å². The van der Waals surface area contributed by atoms with E-state index in [-0.39, 0.29) is 13.0 Å². The van der Waals surface area contributed by atoms with Crippen molar-refractivity contribution in [1.82, 2.24) is 0 Å². The first kappa shape index (κ1) is 40.5. The second-order valence-corrected chi connectivity index (χ2v) is 12.5. The van der Waals surface area contributed by atoms with E-state index in [0.29, 0.717) is 0 Å². The Balaban J connectivity index is 0.00000111. The molecule has 0 aromatic rings. The molecule has 0 aromatic carbocycles. The van der Waals surface area contributed by atoms with Gasteiger partial charge in [0.25, 0.3) is 0 Å². The van der Waals surface area contributed by atoms with E-state index in [2.05, 4.69) is 0 Å². The van der Waals surface area contributed by atoms with Gasteiger partial charge >= 0.3 is 10.4 Å². The van der Waals surface area contributed by atoms with Gasteiger partial charge in [-0.05, 0) is 6.42 Å². The van der Waals surface area contributed by atoms with E-state index >= 15 is 0 Å². The van der Waals surface area contributed by atoms with Gasteiger partial charge in [-0.2, -0.15) is 8.42 Å². The first-order chi connectivity index (χ1) is 21.8. The standard InChI is InChI=1S/C23H45N5O14.H2O4S/c24-2-7-13(32)15(34)10(27)21(37-7)41-19-9(4-30)39-23(17(19)36)42-20-12(31)5(25)1-6(26)18(20)40-22-11(28)16(35)14(33)8(3-29)38-22;1-5(2,3)4/h5-23,29-36H,1-4,24-28H2;(H2,1,2,3,4)/t5-,6+,7+,8-,9-,10-,11-,12+,13-,14-,15-,16-,17-,18-,19-,20-,21?,22-,23+;/m1./s1. The molecule has 3 heterocycles. The zero-order chi connectivity index (χ0) is 35.5. The number of ether oxygens (including phenoxy) is 6. The first-order valence-electron chi connectivity index (χ1n) is 14.5. The highest BCUT2D eigenvalue weighted by Crippen LogP contribution is 2.34. The van der Waals surface area contributed by atoms with Gasteiger partial charge < -0.3 is 97.9 Å². The molecule has 0 radical (unpaired) electrons. The van der Waals surface area contributed by atoms with E-state index in [9.17, 15) is 40.9 Å². The molecule has 3 aliphatic heterocycles. The Morgan fingerprint density at radius 1 is 0.574 bits per heavy atom. The molecule has 24 heteroatoms. The molecule has 19 atom stereocenters. The van der Waals surface area contributed by atoms with Crippen LogP contribution in [0.1, 0.15) is 6.42 Å². The highest BCUT2D eigenvalue weighted by atomic mass is 32.3. The van der Waals surface area contributed by atoms with Crippen LogP contribution >= 0.6 is 0 Å². The second kappa shape index (κ2) is 16.9. The summed E-state index contributed by atoms with van der Waals surface area (Å²) in [6.45, 7) is -1.49. The number of hydrogen-bond acceptors (Lipinski definition) is 21. The Hall–Kier alpha value is -0.890. The molecule has 1 unspecified atom stereocenters. The minimum atomic E-state index is -4.67. The molecule has 0 amide bonds. The normalized spacial score (nSPS) is 49.3. The predicted octanol–water partition coefficient (Wildman–Crippen LogP) is -9.51. The molecular weight excluding hydrogens is 666 g/mol. The van der Waals surface area contributed by atoms with Crippen LogP contribution in [0.2, 0.25) is 0 Å². The molecule has 1 aliphatic carbocycles. The van der Waals surface area contributed by atoms with Crippen LogP contribution in [0, 0.1) is 0 Å². The molecule has 0 bridgehead atoms. The quantitative estimate of drug-likeness (QED) is 0.0986. The Morgan fingerprint density at radius 3 is 1.49 bits per heavy atom. The maximum absolute atomic E-state index is 11.1. The average Bonchev–Trinajstić information content (AvgIpc) is 3.30. The number of rotatable bonds is 9. The van der Waals surface area contributed by atoms with Gasteiger partial charge in [0.15, 0.2) is 18.9 Å². The van der Waals surface area contributed by atoms with E-state index in [1.165, 1.54) is 0 Å². The molecular formula is C23H47N5O18S. The van der Waals surface area contributed by atoms with E-state index in [1.807, 2.05) is 0 Å². The monoisotopic (exact) mass is 713 g/mol. The predicted molar refractivity (Wildman–Crippen MR) is 151 cm³/mol. The van der Waals surface area contributed by atoms with Crippen molar-refractivity contribution in [3.05, 3.63) is 0 Å². The molecule has 4 rings (SSSR count). The third kappa shape index (κ3) is 9.67.